The molecule has 0 aliphatic rings. The lowest BCUT2D eigenvalue weighted by molar-refractivity contribution is -0.945. The lowest BCUT2D eigenvalue weighted by Crippen LogP contribution is -3.00. The van der Waals surface area contributed by atoms with E-state index >= 15 is 0 Å². The average Bonchev–Trinajstić information content (AvgIpc) is 2.45. The van der Waals surface area contributed by atoms with Crippen LogP contribution in [-0.2, 0) is 0 Å². The largest absolute Gasteiger partial charge is 1.00 e. The zero-order valence-electron chi connectivity index (χ0n) is 14.2. The topological polar surface area (TPSA) is 20.2 Å². The SMILES string of the molecule is CCCCCC[N+](CO)(CCCC)CCCCCC.[Br-]. The molecule has 0 saturated heterocycles. The standard InChI is InChI=1S/C17H38NO.BrH/c1-4-7-10-12-15-18(17-19,14-9-6-3)16-13-11-8-5-2;/h19H,4-17H2,1-3H3;1H/q+1;/p-1. The Kier molecular flexibility index (Phi) is 17.9. The zero-order valence-corrected chi connectivity index (χ0v) is 15.8. The summed E-state index contributed by atoms with van der Waals surface area (Å²) in [6, 6.07) is 0. The average molecular weight is 352 g/mol. The highest BCUT2D eigenvalue weighted by Gasteiger charge is 2.24. The van der Waals surface area contributed by atoms with Crippen LogP contribution in [0.2, 0.25) is 0 Å². The highest BCUT2D eigenvalue weighted by Crippen LogP contribution is 2.15. The molecule has 0 aliphatic carbocycles. The number of aliphatic hydroxyl groups excluding tert-OH is 1. The fourth-order valence-corrected chi connectivity index (χ4v) is 2.79. The third kappa shape index (κ3) is 11.1. The predicted molar refractivity (Wildman–Crippen MR) is 85.1 cm³/mol. The molecular weight excluding hydrogens is 314 g/mol. The maximum absolute atomic E-state index is 9.89. The zero-order chi connectivity index (χ0) is 14.4. The van der Waals surface area contributed by atoms with Crippen LogP contribution in [0.25, 0.3) is 0 Å². The molecule has 1 N–H and O–H groups in total. The van der Waals surface area contributed by atoms with E-state index in [1.165, 1.54) is 83.8 Å². The highest BCUT2D eigenvalue weighted by molar-refractivity contribution is 4.48. The first kappa shape index (κ1) is 22.7. The Morgan fingerprint density at radius 2 is 1.00 bits per heavy atom. The van der Waals surface area contributed by atoms with Gasteiger partial charge in [0.25, 0.3) is 0 Å². The van der Waals surface area contributed by atoms with Crippen LogP contribution in [0.3, 0.4) is 0 Å². The van der Waals surface area contributed by atoms with Crippen molar-refractivity contribution < 1.29 is 26.6 Å². The van der Waals surface area contributed by atoms with E-state index in [9.17, 15) is 5.11 Å². The third-order valence-corrected chi connectivity index (χ3v) is 4.26. The van der Waals surface area contributed by atoms with Gasteiger partial charge in [-0.2, -0.15) is 0 Å². The Morgan fingerprint density at radius 1 is 0.600 bits per heavy atom. The Hall–Kier alpha value is 0.400. The molecule has 2 nitrogen and oxygen atoms in total. The van der Waals surface area contributed by atoms with Crippen molar-refractivity contribution in [2.45, 2.75) is 85.0 Å². The number of aliphatic hydroxyl groups is 1. The van der Waals surface area contributed by atoms with Gasteiger partial charge in [0.1, 0.15) is 0 Å². The molecule has 0 amide bonds. The van der Waals surface area contributed by atoms with Crippen molar-refractivity contribution in [3.8, 4) is 0 Å². The van der Waals surface area contributed by atoms with Crippen LogP contribution < -0.4 is 17.0 Å². The summed E-state index contributed by atoms with van der Waals surface area (Å²) in [7, 11) is 0. The van der Waals surface area contributed by atoms with Gasteiger partial charge in [-0.05, 0) is 32.1 Å². The van der Waals surface area contributed by atoms with Gasteiger partial charge in [-0.1, -0.05) is 52.9 Å². The van der Waals surface area contributed by atoms with Crippen molar-refractivity contribution in [3.05, 3.63) is 0 Å². The molecule has 0 aliphatic heterocycles. The van der Waals surface area contributed by atoms with Gasteiger partial charge in [0.15, 0.2) is 6.73 Å². The van der Waals surface area contributed by atoms with Gasteiger partial charge in [-0.15, -0.1) is 0 Å². The second-order valence-corrected chi connectivity index (χ2v) is 6.13. The van der Waals surface area contributed by atoms with Crippen molar-refractivity contribution in [1.29, 1.82) is 0 Å². The molecule has 0 aromatic carbocycles. The van der Waals surface area contributed by atoms with E-state index < -0.39 is 0 Å². The van der Waals surface area contributed by atoms with E-state index in [4.69, 9.17) is 0 Å². The van der Waals surface area contributed by atoms with E-state index in [1.807, 2.05) is 0 Å². The number of hydrogen-bond donors (Lipinski definition) is 1. The fraction of sp³-hybridized carbons (Fsp3) is 1.00. The second kappa shape index (κ2) is 15.8. The summed E-state index contributed by atoms with van der Waals surface area (Å²) >= 11 is 0. The van der Waals surface area contributed by atoms with Gasteiger partial charge in [-0.3, -0.25) is 0 Å². The van der Waals surface area contributed by atoms with Crippen LogP contribution >= 0.6 is 0 Å². The van der Waals surface area contributed by atoms with Gasteiger partial charge >= 0.3 is 0 Å². The molecule has 0 saturated carbocycles. The molecule has 0 aromatic rings. The van der Waals surface area contributed by atoms with E-state index in [2.05, 4.69) is 20.8 Å². The maximum Gasteiger partial charge on any atom is 0.180 e. The van der Waals surface area contributed by atoms with Crippen LogP contribution in [0.15, 0.2) is 0 Å². The third-order valence-electron chi connectivity index (χ3n) is 4.26. The van der Waals surface area contributed by atoms with Gasteiger partial charge in [-0.25, -0.2) is 0 Å². The van der Waals surface area contributed by atoms with Crippen molar-refractivity contribution in [3.63, 3.8) is 0 Å². The summed E-state index contributed by atoms with van der Waals surface area (Å²) < 4.78 is 0.960. The van der Waals surface area contributed by atoms with Gasteiger partial charge in [0.05, 0.1) is 19.6 Å². The number of hydrogen-bond acceptors (Lipinski definition) is 1. The minimum Gasteiger partial charge on any atom is -1.00 e. The normalized spacial score (nSPS) is 11.4. The summed E-state index contributed by atoms with van der Waals surface area (Å²) in [5, 5.41) is 9.89. The van der Waals surface area contributed by atoms with Crippen molar-refractivity contribution >= 4 is 0 Å². The lowest BCUT2D eigenvalue weighted by atomic mass is 10.1. The molecule has 0 bridgehead atoms. The van der Waals surface area contributed by atoms with Crippen LogP contribution in [-0.4, -0.2) is 36.0 Å². The molecule has 3 heteroatoms. The van der Waals surface area contributed by atoms with Gasteiger partial charge in [0, 0.05) is 0 Å². The van der Waals surface area contributed by atoms with Crippen LogP contribution in [0.4, 0.5) is 0 Å². The molecule has 0 radical (unpaired) electrons. The molecule has 0 heterocycles. The summed E-state index contributed by atoms with van der Waals surface area (Å²) in [6.45, 7) is 10.7. The minimum atomic E-state index is 0. The quantitative estimate of drug-likeness (QED) is 0.287. The molecule has 0 rings (SSSR count). The molecule has 0 spiro atoms. The van der Waals surface area contributed by atoms with E-state index in [1.54, 1.807) is 0 Å². The molecule has 20 heavy (non-hydrogen) atoms. The number of rotatable bonds is 14. The Bertz CT molecular complexity index is 176. The number of unbranched alkanes of at least 4 members (excludes halogenated alkanes) is 7. The van der Waals surface area contributed by atoms with Crippen molar-refractivity contribution in [2.24, 2.45) is 0 Å². The second-order valence-electron chi connectivity index (χ2n) is 6.13. The number of halogens is 1. The van der Waals surface area contributed by atoms with Gasteiger partial charge in [0.2, 0.25) is 0 Å². The van der Waals surface area contributed by atoms with Crippen LogP contribution in [0, 0.1) is 0 Å². The van der Waals surface area contributed by atoms with Crippen LogP contribution in [0.1, 0.15) is 85.0 Å². The molecule has 0 aromatic heterocycles. The van der Waals surface area contributed by atoms with Crippen molar-refractivity contribution in [2.75, 3.05) is 26.4 Å². The van der Waals surface area contributed by atoms with Gasteiger partial charge < -0.3 is 26.6 Å². The summed E-state index contributed by atoms with van der Waals surface area (Å²) in [5.41, 5.74) is 0. The summed E-state index contributed by atoms with van der Waals surface area (Å²) in [6.07, 6.45) is 13.0. The molecular formula is C17H38BrNO. The van der Waals surface area contributed by atoms with E-state index in [0.717, 1.165) is 4.48 Å². The fourth-order valence-electron chi connectivity index (χ4n) is 2.79. The molecule has 124 valence electrons. The Balaban J connectivity index is 0. The first-order chi connectivity index (χ1) is 9.24. The van der Waals surface area contributed by atoms with E-state index in [0.29, 0.717) is 6.73 Å². The van der Waals surface area contributed by atoms with Crippen LogP contribution in [0.5, 0.6) is 0 Å². The first-order valence-electron chi connectivity index (χ1n) is 8.70. The lowest BCUT2D eigenvalue weighted by Gasteiger charge is -2.37. The highest BCUT2D eigenvalue weighted by atomic mass is 79.9. The smallest absolute Gasteiger partial charge is 0.180 e. The monoisotopic (exact) mass is 351 g/mol. The van der Waals surface area contributed by atoms with E-state index in [-0.39, 0.29) is 17.0 Å². The molecule has 0 atom stereocenters. The first-order valence-corrected chi connectivity index (χ1v) is 8.70. The summed E-state index contributed by atoms with van der Waals surface area (Å²) in [4.78, 5) is 0. The Morgan fingerprint density at radius 3 is 1.35 bits per heavy atom. The number of nitrogens with zero attached hydrogens (tertiary/aromatic N) is 1. The number of quaternary nitrogens is 1. The van der Waals surface area contributed by atoms with Crippen molar-refractivity contribution in [1.82, 2.24) is 0 Å². The predicted octanol–water partition coefficient (Wildman–Crippen LogP) is 1.72. The Labute approximate surface area is 138 Å². The maximum atomic E-state index is 9.89. The summed E-state index contributed by atoms with van der Waals surface area (Å²) in [5.74, 6) is 0. The minimum absolute atomic E-state index is 0. The molecule has 0 unspecified atom stereocenters. The molecule has 0 fully saturated rings.